The lowest BCUT2D eigenvalue weighted by atomic mass is 9.97. The number of nitrogens with zero attached hydrogens (tertiary/aromatic N) is 2. The number of nitro groups is 1. The molecule has 1 aliphatic rings. The number of nitrogens with two attached hydrogens (primary N) is 1. The predicted molar refractivity (Wildman–Crippen MR) is 96.1 cm³/mol. The van der Waals surface area contributed by atoms with Gasteiger partial charge in [-0.1, -0.05) is 6.07 Å². The first-order valence-electron chi connectivity index (χ1n) is 8.39. The number of sulfonamides is 1. The van der Waals surface area contributed by atoms with Gasteiger partial charge in [0.25, 0.3) is 5.69 Å². The summed E-state index contributed by atoms with van der Waals surface area (Å²) in [5, 5.41) is 13.4. The van der Waals surface area contributed by atoms with Crippen LogP contribution >= 0.6 is 0 Å². The number of amides is 2. The largest absolute Gasteiger partial charge is 0.368 e. The molecule has 0 bridgehead atoms. The number of hydrogen-bond acceptors (Lipinski definition) is 6. The van der Waals surface area contributed by atoms with E-state index in [9.17, 15) is 28.1 Å². The van der Waals surface area contributed by atoms with E-state index in [1.165, 1.54) is 23.4 Å². The maximum absolute atomic E-state index is 12.9. The number of benzene rings is 1. The van der Waals surface area contributed by atoms with Crippen molar-refractivity contribution in [2.24, 2.45) is 11.7 Å². The van der Waals surface area contributed by atoms with Crippen molar-refractivity contribution in [3.8, 4) is 0 Å². The second-order valence-electron chi connectivity index (χ2n) is 6.52. The Kier molecular flexibility index (Phi) is 6.16. The minimum Gasteiger partial charge on any atom is -0.368 e. The molecule has 2 amide bonds. The average molecular weight is 398 g/mol. The molecule has 1 aromatic rings. The van der Waals surface area contributed by atoms with Crippen LogP contribution in [0.2, 0.25) is 0 Å². The Balaban J connectivity index is 2.11. The number of hydrogen-bond donors (Lipinski definition) is 2. The monoisotopic (exact) mass is 398 g/mol. The summed E-state index contributed by atoms with van der Waals surface area (Å²) in [7, 11) is -3.91. The molecule has 11 heteroatoms. The normalized spacial score (nSPS) is 17.3. The zero-order valence-electron chi connectivity index (χ0n) is 15.0. The molecule has 0 aromatic heterocycles. The first-order chi connectivity index (χ1) is 12.5. The summed E-state index contributed by atoms with van der Waals surface area (Å²) in [6, 6.07) is 2.91. The van der Waals surface area contributed by atoms with E-state index in [1.54, 1.807) is 6.92 Å². The molecule has 1 atom stereocenters. The van der Waals surface area contributed by atoms with Crippen LogP contribution in [-0.2, 0) is 19.6 Å². The fourth-order valence-electron chi connectivity index (χ4n) is 2.88. The average Bonchev–Trinajstić information content (AvgIpc) is 2.61. The Morgan fingerprint density at radius 1 is 1.33 bits per heavy atom. The molecule has 0 saturated carbocycles. The van der Waals surface area contributed by atoms with Crippen LogP contribution in [0.5, 0.6) is 0 Å². The molecular formula is C16H22N4O6S. The zero-order valence-corrected chi connectivity index (χ0v) is 15.9. The van der Waals surface area contributed by atoms with Gasteiger partial charge < -0.3 is 11.1 Å². The number of rotatable bonds is 6. The number of nitro benzene ring substituents is 1. The first kappa shape index (κ1) is 20.8. The first-order valence-corrected chi connectivity index (χ1v) is 9.83. The molecule has 1 heterocycles. The molecule has 1 fully saturated rings. The van der Waals surface area contributed by atoms with E-state index >= 15 is 0 Å². The molecule has 10 nitrogen and oxygen atoms in total. The third-order valence-electron chi connectivity index (χ3n) is 4.61. The number of aryl methyl sites for hydroxylation is 1. The highest BCUT2D eigenvalue weighted by Gasteiger charge is 2.34. The van der Waals surface area contributed by atoms with E-state index < -0.39 is 32.8 Å². The number of piperidine rings is 1. The summed E-state index contributed by atoms with van der Waals surface area (Å²) < 4.78 is 27.0. The molecule has 1 aliphatic heterocycles. The van der Waals surface area contributed by atoms with E-state index in [0.29, 0.717) is 5.56 Å². The van der Waals surface area contributed by atoms with Crippen LogP contribution in [0.25, 0.3) is 0 Å². The van der Waals surface area contributed by atoms with E-state index in [1.807, 2.05) is 0 Å². The van der Waals surface area contributed by atoms with E-state index in [4.69, 9.17) is 5.73 Å². The summed E-state index contributed by atoms with van der Waals surface area (Å²) >= 11 is 0. The highest BCUT2D eigenvalue weighted by atomic mass is 32.2. The highest BCUT2D eigenvalue weighted by molar-refractivity contribution is 7.89. The molecule has 0 aliphatic carbocycles. The topological polar surface area (TPSA) is 153 Å². The van der Waals surface area contributed by atoms with Crippen molar-refractivity contribution < 1.29 is 22.9 Å². The van der Waals surface area contributed by atoms with Crippen molar-refractivity contribution in [1.29, 1.82) is 0 Å². The van der Waals surface area contributed by atoms with Crippen molar-refractivity contribution in [1.82, 2.24) is 9.62 Å². The molecule has 27 heavy (non-hydrogen) atoms. The van der Waals surface area contributed by atoms with Crippen LogP contribution in [0, 0.1) is 23.0 Å². The quantitative estimate of drug-likeness (QED) is 0.519. The molecule has 1 saturated heterocycles. The summed E-state index contributed by atoms with van der Waals surface area (Å²) in [5.74, 6) is -1.42. The van der Waals surface area contributed by atoms with E-state index in [-0.39, 0.29) is 42.4 Å². The van der Waals surface area contributed by atoms with Gasteiger partial charge in [-0.05, 0) is 32.3 Å². The Morgan fingerprint density at radius 3 is 2.44 bits per heavy atom. The lowest BCUT2D eigenvalue weighted by molar-refractivity contribution is -0.385. The molecule has 148 valence electrons. The highest BCUT2D eigenvalue weighted by Crippen LogP contribution is 2.28. The van der Waals surface area contributed by atoms with Crippen molar-refractivity contribution in [2.45, 2.75) is 37.6 Å². The Labute approximate surface area is 156 Å². The van der Waals surface area contributed by atoms with E-state index in [0.717, 1.165) is 6.07 Å². The van der Waals surface area contributed by atoms with Crippen LogP contribution in [0.4, 0.5) is 5.69 Å². The zero-order chi connectivity index (χ0) is 20.4. The maximum Gasteiger partial charge on any atom is 0.270 e. The minimum atomic E-state index is -3.91. The van der Waals surface area contributed by atoms with Gasteiger partial charge in [-0.25, -0.2) is 8.42 Å². The van der Waals surface area contributed by atoms with Gasteiger partial charge in [0.2, 0.25) is 21.8 Å². The van der Waals surface area contributed by atoms with Gasteiger partial charge >= 0.3 is 0 Å². The van der Waals surface area contributed by atoms with Crippen LogP contribution in [0.3, 0.4) is 0 Å². The lowest BCUT2D eigenvalue weighted by Crippen LogP contribution is -2.48. The van der Waals surface area contributed by atoms with Crippen LogP contribution in [-0.4, -0.2) is 48.6 Å². The second kappa shape index (κ2) is 8.01. The fraction of sp³-hybridized carbons (Fsp3) is 0.500. The lowest BCUT2D eigenvalue weighted by Gasteiger charge is -2.31. The standard InChI is InChI=1S/C16H22N4O6S/c1-10-3-4-13(20(23)24)9-14(10)27(25,26)19-7-5-12(6-8-19)16(22)18-11(2)15(17)21/h3-4,9,11-12H,5-8H2,1-2H3,(H2,17,21)(H,18,22). The van der Waals surface area contributed by atoms with Crippen molar-refractivity contribution in [3.63, 3.8) is 0 Å². The van der Waals surface area contributed by atoms with E-state index in [2.05, 4.69) is 5.32 Å². The molecule has 2 rings (SSSR count). The van der Waals surface area contributed by atoms with Gasteiger partial charge in [-0.3, -0.25) is 19.7 Å². The van der Waals surface area contributed by atoms with Crippen LogP contribution < -0.4 is 11.1 Å². The van der Waals surface area contributed by atoms with Gasteiger partial charge in [0.1, 0.15) is 6.04 Å². The Morgan fingerprint density at radius 2 is 1.93 bits per heavy atom. The van der Waals surface area contributed by atoms with Gasteiger partial charge in [0.15, 0.2) is 0 Å². The number of primary amides is 1. The number of nitrogens with one attached hydrogen (secondary N) is 1. The van der Waals surface area contributed by atoms with Gasteiger partial charge in [0, 0.05) is 31.1 Å². The Hall–Kier alpha value is -2.53. The SMILES string of the molecule is Cc1ccc([N+](=O)[O-])cc1S(=O)(=O)N1CCC(C(=O)NC(C)C(N)=O)CC1. The van der Waals surface area contributed by atoms with Crippen molar-refractivity contribution in [3.05, 3.63) is 33.9 Å². The molecule has 0 radical (unpaired) electrons. The minimum absolute atomic E-state index is 0.105. The van der Waals surface area contributed by atoms with Gasteiger partial charge in [-0.15, -0.1) is 0 Å². The molecular weight excluding hydrogens is 376 g/mol. The van der Waals surface area contributed by atoms with Gasteiger partial charge in [-0.2, -0.15) is 4.31 Å². The third kappa shape index (κ3) is 4.61. The van der Waals surface area contributed by atoms with Crippen molar-refractivity contribution >= 4 is 27.5 Å². The third-order valence-corrected chi connectivity index (χ3v) is 6.65. The molecule has 1 unspecified atom stereocenters. The number of non-ortho nitro benzene ring substituents is 1. The summed E-state index contributed by atoms with van der Waals surface area (Å²) in [6.07, 6.45) is 0.565. The molecule has 1 aromatic carbocycles. The Bertz CT molecular complexity index is 862. The number of carbonyl (C=O) groups excluding carboxylic acids is 2. The van der Waals surface area contributed by atoms with Gasteiger partial charge in [0.05, 0.1) is 9.82 Å². The maximum atomic E-state index is 12.9. The summed E-state index contributed by atoms with van der Waals surface area (Å²) in [6.45, 7) is 3.26. The van der Waals surface area contributed by atoms with Crippen LogP contribution in [0.1, 0.15) is 25.3 Å². The van der Waals surface area contributed by atoms with Crippen molar-refractivity contribution in [2.75, 3.05) is 13.1 Å². The molecule has 3 N–H and O–H groups in total. The van der Waals surface area contributed by atoms with Crippen LogP contribution in [0.15, 0.2) is 23.1 Å². The predicted octanol–water partition coefficient (Wildman–Crippen LogP) is 0.294. The summed E-state index contributed by atoms with van der Waals surface area (Å²) in [4.78, 5) is 33.4. The summed E-state index contributed by atoms with van der Waals surface area (Å²) in [5.41, 5.74) is 5.23. The molecule has 0 spiro atoms. The fourth-order valence-corrected chi connectivity index (χ4v) is 4.59. The second-order valence-corrected chi connectivity index (χ2v) is 8.42. The number of carbonyl (C=O) groups is 2. The smallest absolute Gasteiger partial charge is 0.270 e.